The highest BCUT2D eigenvalue weighted by Crippen LogP contribution is 2.27. The number of anilines is 1. The Labute approximate surface area is 120 Å². The van der Waals surface area contributed by atoms with E-state index < -0.39 is 0 Å². The molecule has 1 aromatic carbocycles. The maximum absolute atomic E-state index is 5.78. The summed E-state index contributed by atoms with van der Waals surface area (Å²) < 4.78 is 5.59. The zero-order chi connectivity index (χ0) is 13.8. The van der Waals surface area contributed by atoms with Crippen LogP contribution in [-0.4, -0.2) is 15.2 Å². The van der Waals surface area contributed by atoms with Crippen molar-refractivity contribution >= 4 is 17.6 Å². The predicted octanol–water partition coefficient (Wildman–Crippen LogP) is 3.01. The molecular formula is C14H12N4OS. The fraction of sp³-hybridized carbons (Fsp3) is 0.0714. The molecule has 2 aromatic heterocycles. The van der Waals surface area contributed by atoms with Crippen molar-refractivity contribution in [2.75, 3.05) is 5.73 Å². The molecule has 0 spiro atoms. The van der Waals surface area contributed by atoms with E-state index in [2.05, 4.69) is 27.3 Å². The van der Waals surface area contributed by atoms with E-state index in [0.29, 0.717) is 22.5 Å². The highest BCUT2D eigenvalue weighted by molar-refractivity contribution is 7.98. The van der Waals surface area contributed by atoms with Gasteiger partial charge in [-0.1, -0.05) is 42.1 Å². The molecule has 3 aromatic rings. The van der Waals surface area contributed by atoms with Crippen molar-refractivity contribution in [3.05, 3.63) is 54.2 Å². The number of nitrogens with two attached hydrogens (primary N) is 1. The van der Waals surface area contributed by atoms with E-state index >= 15 is 0 Å². The molecule has 0 aliphatic carbocycles. The van der Waals surface area contributed by atoms with E-state index in [4.69, 9.17) is 10.2 Å². The third-order valence-electron chi connectivity index (χ3n) is 2.68. The van der Waals surface area contributed by atoms with Crippen LogP contribution in [0, 0.1) is 0 Å². The number of hydrogen-bond acceptors (Lipinski definition) is 6. The van der Waals surface area contributed by atoms with Crippen molar-refractivity contribution in [2.45, 2.75) is 11.0 Å². The summed E-state index contributed by atoms with van der Waals surface area (Å²) in [7, 11) is 0. The van der Waals surface area contributed by atoms with Gasteiger partial charge in [0.1, 0.15) is 5.82 Å². The number of thioether (sulfide) groups is 1. The van der Waals surface area contributed by atoms with E-state index in [1.165, 1.54) is 17.3 Å². The maximum Gasteiger partial charge on any atom is 0.277 e. The Kier molecular flexibility index (Phi) is 3.64. The Morgan fingerprint density at radius 3 is 2.70 bits per heavy atom. The monoisotopic (exact) mass is 284 g/mol. The maximum atomic E-state index is 5.78. The fourth-order valence-corrected chi connectivity index (χ4v) is 2.41. The molecule has 2 heterocycles. The molecule has 0 aliphatic heterocycles. The molecule has 0 saturated heterocycles. The Balaban J connectivity index is 1.73. The Hall–Kier alpha value is -2.34. The SMILES string of the molecule is Nc1ncccc1-c1nnc(SCc2ccccc2)o1. The summed E-state index contributed by atoms with van der Waals surface area (Å²) in [5.41, 5.74) is 7.65. The van der Waals surface area contributed by atoms with Crippen molar-refractivity contribution in [1.29, 1.82) is 0 Å². The highest BCUT2D eigenvalue weighted by Gasteiger charge is 2.12. The van der Waals surface area contributed by atoms with Gasteiger partial charge in [0.2, 0.25) is 0 Å². The highest BCUT2D eigenvalue weighted by atomic mass is 32.2. The van der Waals surface area contributed by atoms with Gasteiger partial charge in [-0.2, -0.15) is 0 Å². The fourth-order valence-electron chi connectivity index (χ4n) is 1.69. The Bertz CT molecular complexity index is 699. The van der Waals surface area contributed by atoms with E-state index in [9.17, 15) is 0 Å². The number of benzene rings is 1. The number of rotatable bonds is 4. The summed E-state index contributed by atoms with van der Waals surface area (Å²) in [6, 6.07) is 13.7. The van der Waals surface area contributed by atoms with Gasteiger partial charge in [-0.05, 0) is 17.7 Å². The molecule has 0 bridgehead atoms. The summed E-state index contributed by atoms with van der Waals surface area (Å²) in [6.45, 7) is 0. The van der Waals surface area contributed by atoms with Crippen molar-refractivity contribution in [1.82, 2.24) is 15.2 Å². The first kappa shape index (κ1) is 12.7. The number of aromatic nitrogens is 3. The molecule has 0 amide bonds. The van der Waals surface area contributed by atoms with Gasteiger partial charge in [-0.25, -0.2) is 4.98 Å². The number of nitrogen functional groups attached to an aromatic ring is 1. The minimum absolute atomic E-state index is 0.385. The summed E-state index contributed by atoms with van der Waals surface area (Å²) >= 11 is 1.49. The van der Waals surface area contributed by atoms with Gasteiger partial charge in [0, 0.05) is 11.9 Å². The van der Waals surface area contributed by atoms with Crippen LogP contribution in [0.1, 0.15) is 5.56 Å². The standard InChI is InChI=1S/C14H12N4OS/c15-12-11(7-4-8-16-12)13-17-18-14(19-13)20-9-10-5-2-1-3-6-10/h1-8H,9H2,(H2,15,16). The lowest BCUT2D eigenvalue weighted by molar-refractivity contribution is 0.466. The van der Waals surface area contributed by atoms with E-state index in [-0.39, 0.29) is 0 Å². The first-order valence-electron chi connectivity index (χ1n) is 6.04. The van der Waals surface area contributed by atoms with Crippen molar-refractivity contribution in [2.24, 2.45) is 0 Å². The Morgan fingerprint density at radius 2 is 1.90 bits per heavy atom. The lowest BCUT2D eigenvalue weighted by atomic mass is 10.2. The minimum Gasteiger partial charge on any atom is -0.411 e. The average Bonchev–Trinajstić information content (AvgIpc) is 2.95. The second-order valence-corrected chi connectivity index (χ2v) is 5.01. The van der Waals surface area contributed by atoms with Crippen LogP contribution in [0.25, 0.3) is 11.5 Å². The molecular weight excluding hydrogens is 272 g/mol. The minimum atomic E-state index is 0.385. The normalized spacial score (nSPS) is 10.6. The van der Waals surface area contributed by atoms with Gasteiger partial charge in [0.05, 0.1) is 5.56 Å². The summed E-state index contributed by atoms with van der Waals surface area (Å²) in [6.07, 6.45) is 1.63. The topological polar surface area (TPSA) is 77.8 Å². The van der Waals surface area contributed by atoms with E-state index in [1.807, 2.05) is 24.3 Å². The molecule has 5 nitrogen and oxygen atoms in total. The second kappa shape index (κ2) is 5.75. The molecule has 0 atom stereocenters. The molecule has 0 saturated carbocycles. The third kappa shape index (κ3) is 2.80. The van der Waals surface area contributed by atoms with Gasteiger partial charge in [0.15, 0.2) is 0 Å². The zero-order valence-corrected chi connectivity index (χ0v) is 11.4. The lowest BCUT2D eigenvalue weighted by Gasteiger charge is -1.98. The van der Waals surface area contributed by atoms with Crippen LogP contribution in [0.5, 0.6) is 0 Å². The van der Waals surface area contributed by atoms with Crippen LogP contribution >= 0.6 is 11.8 Å². The zero-order valence-electron chi connectivity index (χ0n) is 10.6. The van der Waals surface area contributed by atoms with Gasteiger partial charge in [-0.3, -0.25) is 0 Å². The van der Waals surface area contributed by atoms with Crippen molar-refractivity contribution in [3.63, 3.8) is 0 Å². The van der Waals surface area contributed by atoms with Crippen LogP contribution < -0.4 is 5.73 Å². The molecule has 2 N–H and O–H groups in total. The quantitative estimate of drug-likeness (QED) is 0.742. The van der Waals surface area contributed by atoms with Crippen LogP contribution in [0.15, 0.2) is 58.3 Å². The second-order valence-electron chi connectivity index (χ2n) is 4.08. The number of nitrogens with zero attached hydrogens (tertiary/aromatic N) is 3. The van der Waals surface area contributed by atoms with Crippen LogP contribution in [0.4, 0.5) is 5.82 Å². The molecule has 6 heteroatoms. The molecule has 3 rings (SSSR count). The van der Waals surface area contributed by atoms with Crippen LogP contribution in [0.3, 0.4) is 0 Å². The summed E-state index contributed by atoms with van der Waals surface area (Å²) in [5, 5.41) is 8.53. The van der Waals surface area contributed by atoms with Gasteiger partial charge < -0.3 is 10.2 Å². The van der Waals surface area contributed by atoms with Crippen LogP contribution in [0.2, 0.25) is 0 Å². The molecule has 20 heavy (non-hydrogen) atoms. The van der Waals surface area contributed by atoms with Crippen LogP contribution in [-0.2, 0) is 5.75 Å². The largest absolute Gasteiger partial charge is 0.411 e. The predicted molar refractivity (Wildman–Crippen MR) is 77.9 cm³/mol. The smallest absolute Gasteiger partial charge is 0.277 e. The third-order valence-corrected chi connectivity index (χ3v) is 3.57. The van der Waals surface area contributed by atoms with E-state index in [0.717, 1.165) is 5.75 Å². The van der Waals surface area contributed by atoms with Crippen molar-refractivity contribution < 1.29 is 4.42 Å². The summed E-state index contributed by atoms with van der Waals surface area (Å²) in [5.74, 6) is 1.56. The molecule has 0 radical (unpaired) electrons. The molecule has 0 unspecified atom stereocenters. The first-order valence-corrected chi connectivity index (χ1v) is 7.02. The summed E-state index contributed by atoms with van der Waals surface area (Å²) in [4.78, 5) is 4.00. The molecule has 100 valence electrons. The molecule has 0 aliphatic rings. The lowest BCUT2D eigenvalue weighted by Crippen LogP contribution is -1.92. The van der Waals surface area contributed by atoms with Crippen molar-refractivity contribution in [3.8, 4) is 11.5 Å². The number of hydrogen-bond donors (Lipinski definition) is 1. The first-order chi connectivity index (χ1) is 9.83. The number of pyridine rings is 1. The van der Waals surface area contributed by atoms with Gasteiger partial charge in [0.25, 0.3) is 11.1 Å². The molecule has 0 fully saturated rings. The van der Waals surface area contributed by atoms with E-state index in [1.54, 1.807) is 12.3 Å². The Morgan fingerprint density at radius 1 is 1.05 bits per heavy atom. The van der Waals surface area contributed by atoms with Gasteiger partial charge in [-0.15, -0.1) is 10.2 Å². The van der Waals surface area contributed by atoms with Gasteiger partial charge >= 0.3 is 0 Å². The average molecular weight is 284 g/mol.